The smallest absolute Gasteiger partial charge is 0.365 e. The Labute approximate surface area is 167 Å². The number of para-hydroxylation sites is 1. The lowest BCUT2D eigenvalue weighted by Gasteiger charge is -2.21. The SMILES string of the molecule is O=C1C=C(N2CC2)C(=O)C(N2CC2)=C1N1CC1.OP(O)OOc1ccccc1F. The van der Waals surface area contributed by atoms with E-state index in [4.69, 9.17) is 9.79 Å². The van der Waals surface area contributed by atoms with Crippen molar-refractivity contribution in [3.05, 3.63) is 53.2 Å². The summed E-state index contributed by atoms with van der Waals surface area (Å²) in [5.74, 6) is -0.769. The highest BCUT2D eigenvalue weighted by molar-refractivity contribution is 7.39. The summed E-state index contributed by atoms with van der Waals surface area (Å²) in [5, 5.41) is 0. The van der Waals surface area contributed by atoms with Gasteiger partial charge in [-0.2, -0.15) is 0 Å². The topological polar surface area (TPSA) is 102 Å². The molecule has 0 radical (unpaired) electrons. The Bertz CT molecular complexity index is 893. The minimum Gasteiger partial charge on any atom is -0.365 e. The predicted octanol–water partition coefficient (Wildman–Crippen LogP) is 0.528. The Morgan fingerprint density at radius 1 is 0.897 bits per heavy atom. The molecule has 0 amide bonds. The van der Waals surface area contributed by atoms with Gasteiger partial charge >= 0.3 is 8.60 Å². The lowest BCUT2D eigenvalue weighted by Crippen LogP contribution is -2.29. The average Bonchev–Trinajstić information content (AvgIpc) is 3.56. The van der Waals surface area contributed by atoms with Crippen LogP contribution in [-0.4, -0.2) is 75.3 Å². The Kier molecular flexibility index (Phi) is 5.51. The quantitative estimate of drug-likeness (QED) is 0.223. The fraction of sp³-hybridized carbons (Fsp3) is 0.333. The molecule has 154 valence electrons. The summed E-state index contributed by atoms with van der Waals surface area (Å²) in [6.45, 7) is 5.41. The highest BCUT2D eigenvalue weighted by Crippen LogP contribution is 2.34. The number of allylic oxidation sites excluding steroid dienone is 1. The second-order valence-corrected chi connectivity index (χ2v) is 7.38. The number of Topliss-reactive ketones (excluding diaryl/α,β-unsaturated/α-hetero) is 1. The largest absolute Gasteiger partial charge is 0.370 e. The van der Waals surface area contributed by atoms with Crippen LogP contribution in [0, 0.1) is 5.82 Å². The van der Waals surface area contributed by atoms with E-state index in [1.54, 1.807) is 0 Å². The van der Waals surface area contributed by atoms with E-state index in [1.807, 2.05) is 14.7 Å². The molecular formula is C18H19FN3O6P. The van der Waals surface area contributed by atoms with Crippen LogP contribution >= 0.6 is 8.60 Å². The Morgan fingerprint density at radius 3 is 2.03 bits per heavy atom. The molecule has 3 aliphatic heterocycles. The maximum Gasteiger partial charge on any atom is 0.370 e. The van der Waals surface area contributed by atoms with Crippen LogP contribution in [-0.2, 0) is 14.3 Å². The number of hydrogen-bond donors (Lipinski definition) is 2. The lowest BCUT2D eigenvalue weighted by atomic mass is 10.0. The van der Waals surface area contributed by atoms with Gasteiger partial charge < -0.3 is 29.4 Å². The summed E-state index contributed by atoms with van der Waals surface area (Å²) in [4.78, 5) is 51.2. The molecule has 0 aromatic heterocycles. The van der Waals surface area contributed by atoms with E-state index in [-0.39, 0.29) is 17.3 Å². The third-order valence-corrected chi connectivity index (χ3v) is 4.73. The summed E-state index contributed by atoms with van der Waals surface area (Å²) < 4.78 is 16.6. The highest BCUT2D eigenvalue weighted by Gasteiger charge is 2.43. The molecule has 3 fully saturated rings. The van der Waals surface area contributed by atoms with Crippen molar-refractivity contribution >= 4 is 20.2 Å². The number of nitrogens with zero attached hydrogens (tertiary/aromatic N) is 3. The van der Waals surface area contributed by atoms with Crippen molar-refractivity contribution in [2.24, 2.45) is 0 Å². The van der Waals surface area contributed by atoms with E-state index in [0.29, 0.717) is 17.1 Å². The monoisotopic (exact) mass is 423 g/mol. The first-order valence-electron chi connectivity index (χ1n) is 9.02. The molecule has 1 aromatic carbocycles. The Morgan fingerprint density at radius 2 is 1.48 bits per heavy atom. The van der Waals surface area contributed by atoms with Gasteiger partial charge in [0.25, 0.3) is 0 Å². The van der Waals surface area contributed by atoms with Gasteiger partial charge in [-0.15, -0.1) is 4.67 Å². The second-order valence-electron chi connectivity index (χ2n) is 6.72. The molecule has 0 saturated carbocycles. The first-order valence-corrected chi connectivity index (χ1v) is 10.2. The number of rotatable bonds is 6. The summed E-state index contributed by atoms with van der Waals surface area (Å²) in [6.07, 6.45) is 1.52. The number of hydrogen-bond acceptors (Lipinski definition) is 9. The molecule has 0 unspecified atom stereocenters. The van der Waals surface area contributed by atoms with E-state index >= 15 is 0 Å². The van der Waals surface area contributed by atoms with E-state index in [2.05, 4.69) is 9.56 Å². The van der Waals surface area contributed by atoms with Crippen LogP contribution in [0.2, 0.25) is 0 Å². The van der Waals surface area contributed by atoms with Gasteiger partial charge in [-0.1, -0.05) is 12.1 Å². The van der Waals surface area contributed by atoms with Gasteiger partial charge in [0, 0.05) is 45.3 Å². The number of ketones is 2. The minimum atomic E-state index is -2.63. The summed E-state index contributed by atoms with van der Waals surface area (Å²) in [6, 6.07) is 5.46. The summed E-state index contributed by atoms with van der Waals surface area (Å²) in [7, 11) is -2.63. The number of carbonyl (C=O) groups is 2. The molecule has 11 heteroatoms. The highest BCUT2D eigenvalue weighted by atomic mass is 31.2. The molecule has 3 saturated heterocycles. The van der Waals surface area contributed by atoms with Crippen LogP contribution in [0.5, 0.6) is 5.75 Å². The third kappa shape index (κ3) is 4.73. The van der Waals surface area contributed by atoms with Crippen molar-refractivity contribution in [1.29, 1.82) is 0 Å². The summed E-state index contributed by atoms with van der Waals surface area (Å²) >= 11 is 0. The molecule has 2 N–H and O–H groups in total. The molecule has 1 aliphatic carbocycles. The predicted molar refractivity (Wildman–Crippen MR) is 99.3 cm³/mol. The molecule has 0 bridgehead atoms. The van der Waals surface area contributed by atoms with E-state index in [0.717, 1.165) is 45.3 Å². The minimum absolute atomic E-state index is 0.00546. The molecular weight excluding hydrogens is 404 g/mol. The number of benzene rings is 1. The third-order valence-electron chi connectivity index (χ3n) is 4.52. The van der Waals surface area contributed by atoms with Crippen molar-refractivity contribution in [2.45, 2.75) is 0 Å². The first-order chi connectivity index (χ1) is 14.0. The molecule has 0 spiro atoms. The number of halogens is 1. The zero-order valence-corrected chi connectivity index (χ0v) is 16.2. The Hall–Kier alpha value is -2.52. The fourth-order valence-corrected chi connectivity index (χ4v) is 3.01. The molecule has 1 aromatic rings. The zero-order chi connectivity index (χ0) is 20.5. The molecule has 29 heavy (non-hydrogen) atoms. The van der Waals surface area contributed by atoms with Gasteiger partial charge in [0.2, 0.25) is 17.3 Å². The standard InChI is InChI=1S/C12H13N3O2.C6H6FO4P/c16-9-7-8(13-1-2-13)12(17)11(15-5-6-15)10(9)14-3-4-14;7-5-3-1-2-4-6(5)10-11-12(8)9/h7H,1-6H2;1-4,8-9H. The number of carbonyl (C=O) groups excluding carboxylic acids is 2. The van der Waals surface area contributed by atoms with Gasteiger partial charge in [-0.05, 0) is 12.1 Å². The first kappa shape index (κ1) is 19.8. The van der Waals surface area contributed by atoms with Crippen LogP contribution < -0.4 is 4.89 Å². The van der Waals surface area contributed by atoms with E-state index in [1.165, 1.54) is 24.3 Å². The van der Waals surface area contributed by atoms with E-state index in [9.17, 15) is 14.0 Å². The average molecular weight is 423 g/mol. The van der Waals surface area contributed by atoms with Crippen molar-refractivity contribution in [1.82, 2.24) is 14.7 Å². The van der Waals surface area contributed by atoms with Crippen LogP contribution in [0.4, 0.5) is 4.39 Å². The normalized spacial score (nSPS) is 19.9. The van der Waals surface area contributed by atoms with Crippen molar-refractivity contribution < 1.29 is 33.3 Å². The lowest BCUT2D eigenvalue weighted by molar-refractivity contribution is -0.117. The molecule has 4 aliphatic rings. The van der Waals surface area contributed by atoms with Gasteiger partial charge in [0.1, 0.15) is 11.4 Å². The molecule has 5 rings (SSSR count). The van der Waals surface area contributed by atoms with Crippen LogP contribution in [0.1, 0.15) is 0 Å². The second kappa shape index (κ2) is 8.08. The molecule has 9 nitrogen and oxygen atoms in total. The van der Waals surface area contributed by atoms with Gasteiger partial charge in [0.05, 0.1) is 5.70 Å². The fourth-order valence-electron chi connectivity index (χ4n) is 2.86. The van der Waals surface area contributed by atoms with Crippen LogP contribution in [0.3, 0.4) is 0 Å². The van der Waals surface area contributed by atoms with Crippen LogP contribution in [0.15, 0.2) is 47.4 Å². The van der Waals surface area contributed by atoms with Gasteiger partial charge in [-0.25, -0.2) is 4.39 Å². The molecule has 0 atom stereocenters. The van der Waals surface area contributed by atoms with Gasteiger partial charge in [0.15, 0.2) is 5.82 Å². The van der Waals surface area contributed by atoms with Crippen molar-refractivity contribution in [3.8, 4) is 5.75 Å². The maximum absolute atomic E-state index is 12.7. The van der Waals surface area contributed by atoms with Crippen molar-refractivity contribution in [3.63, 3.8) is 0 Å². The zero-order valence-electron chi connectivity index (χ0n) is 15.3. The Balaban J connectivity index is 0.000000152. The van der Waals surface area contributed by atoms with Gasteiger partial charge in [-0.3, -0.25) is 9.59 Å². The van der Waals surface area contributed by atoms with Crippen LogP contribution in [0.25, 0.3) is 0 Å². The van der Waals surface area contributed by atoms with E-state index < -0.39 is 14.4 Å². The van der Waals surface area contributed by atoms with Crippen molar-refractivity contribution in [2.75, 3.05) is 39.3 Å². The summed E-state index contributed by atoms with van der Waals surface area (Å²) in [5.41, 5.74) is 1.89. The maximum atomic E-state index is 12.7. The molecule has 3 heterocycles.